The Morgan fingerprint density at radius 3 is 2.39 bits per heavy atom. The number of ether oxygens (including phenoxy) is 1. The molecule has 0 heterocycles. The van der Waals surface area contributed by atoms with Crippen molar-refractivity contribution >= 4 is 0 Å². The average molecular weight is 255 g/mol. The Labute approximate surface area is 108 Å². The maximum Gasteiger partial charge on any atom is 0.123 e. The summed E-state index contributed by atoms with van der Waals surface area (Å²) in [7, 11) is 0. The second-order valence-electron chi connectivity index (χ2n) is 4.34. The Morgan fingerprint density at radius 2 is 1.83 bits per heavy atom. The van der Waals surface area contributed by atoms with Crippen molar-refractivity contribution in [2.24, 2.45) is 0 Å². The molecule has 0 amide bonds. The van der Waals surface area contributed by atoms with E-state index < -0.39 is 6.10 Å². The number of aliphatic hydroxyl groups is 1. The van der Waals surface area contributed by atoms with Crippen LogP contribution in [-0.4, -0.2) is 30.4 Å². The lowest BCUT2D eigenvalue weighted by Crippen LogP contribution is -2.37. The van der Waals surface area contributed by atoms with E-state index in [4.69, 9.17) is 4.74 Å². The minimum atomic E-state index is -0.560. The third-order valence-electron chi connectivity index (χ3n) is 2.88. The molecule has 18 heavy (non-hydrogen) atoms. The van der Waals surface area contributed by atoms with Crippen LogP contribution in [0.15, 0.2) is 24.3 Å². The molecule has 102 valence electrons. The zero-order valence-corrected chi connectivity index (χ0v) is 11.0. The molecule has 0 radical (unpaired) electrons. The van der Waals surface area contributed by atoms with Crippen LogP contribution in [-0.2, 0) is 0 Å². The van der Waals surface area contributed by atoms with Gasteiger partial charge in [0.1, 0.15) is 24.3 Å². The fourth-order valence-electron chi connectivity index (χ4n) is 1.66. The molecular formula is C14H22FNO2. The second-order valence-corrected chi connectivity index (χ2v) is 4.34. The van der Waals surface area contributed by atoms with Gasteiger partial charge in [-0.2, -0.15) is 0 Å². The predicted molar refractivity (Wildman–Crippen MR) is 70.3 cm³/mol. The van der Waals surface area contributed by atoms with Gasteiger partial charge in [0.2, 0.25) is 0 Å². The van der Waals surface area contributed by atoms with E-state index in [1.807, 2.05) is 0 Å². The number of nitrogens with one attached hydrogen (secondary N) is 1. The maximum absolute atomic E-state index is 12.7. The summed E-state index contributed by atoms with van der Waals surface area (Å²) in [4.78, 5) is 0. The first kappa shape index (κ1) is 14.9. The van der Waals surface area contributed by atoms with Crippen LogP contribution in [0.2, 0.25) is 0 Å². The van der Waals surface area contributed by atoms with Crippen LogP contribution < -0.4 is 10.1 Å². The van der Waals surface area contributed by atoms with Gasteiger partial charge < -0.3 is 15.2 Å². The summed E-state index contributed by atoms with van der Waals surface area (Å²) in [6, 6.07) is 6.21. The molecule has 0 bridgehead atoms. The highest BCUT2D eigenvalue weighted by atomic mass is 19.1. The van der Waals surface area contributed by atoms with Gasteiger partial charge in [0.25, 0.3) is 0 Å². The number of hydrogen-bond acceptors (Lipinski definition) is 3. The average Bonchev–Trinajstić information content (AvgIpc) is 2.39. The number of aliphatic hydroxyl groups excluding tert-OH is 1. The molecule has 2 N–H and O–H groups in total. The first-order valence-electron chi connectivity index (χ1n) is 6.45. The van der Waals surface area contributed by atoms with E-state index >= 15 is 0 Å². The Bertz CT molecular complexity index is 325. The van der Waals surface area contributed by atoms with E-state index in [1.54, 1.807) is 12.1 Å². The van der Waals surface area contributed by atoms with Gasteiger partial charge in [-0.3, -0.25) is 0 Å². The lowest BCUT2D eigenvalue weighted by atomic mass is 10.1. The summed E-state index contributed by atoms with van der Waals surface area (Å²) in [6.45, 7) is 4.94. The summed E-state index contributed by atoms with van der Waals surface area (Å²) < 4.78 is 18.0. The molecule has 0 aliphatic rings. The number of benzene rings is 1. The van der Waals surface area contributed by atoms with E-state index in [-0.39, 0.29) is 12.4 Å². The van der Waals surface area contributed by atoms with Crippen molar-refractivity contribution < 1.29 is 14.2 Å². The topological polar surface area (TPSA) is 41.5 Å². The minimum Gasteiger partial charge on any atom is -0.491 e. The largest absolute Gasteiger partial charge is 0.491 e. The van der Waals surface area contributed by atoms with Gasteiger partial charge in [0.15, 0.2) is 0 Å². The molecule has 0 saturated carbocycles. The van der Waals surface area contributed by atoms with Gasteiger partial charge in [-0.25, -0.2) is 4.39 Å². The van der Waals surface area contributed by atoms with E-state index in [0.717, 1.165) is 12.8 Å². The lowest BCUT2D eigenvalue weighted by Gasteiger charge is -2.18. The Morgan fingerprint density at radius 1 is 1.22 bits per heavy atom. The molecule has 0 aromatic heterocycles. The SMILES string of the molecule is CCC(CC)NCC(O)COc1ccc(F)cc1. The summed E-state index contributed by atoms with van der Waals surface area (Å²) in [6.07, 6.45) is 1.53. The van der Waals surface area contributed by atoms with Gasteiger partial charge in [-0.05, 0) is 37.1 Å². The molecule has 0 aliphatic heterocycles. The van der Waals surface area contributed by atoms with E-state index in [9.17, 15) is 9.50 Å². The molecule has 0 fully saturated rings. The van der Waals surface area contributed by atoms with Gasteiger partial charge in [-0.15, -0.1) is 0 Å². The number of hydrogen-bond donors (Lipinski definition) is 2. The zero-order valence-electron chi connectivity index (χ0n) is 11.0. The van der Waals surface area contributed by atoms with Crippen molar-refractivity contribution in [1.29, 1.82) is 0 Å². The van der Waals surface area contributed by atoms with Gasteiger partial charge in [0.05, 0.1) is 0 Å². The van der Waals surface area contributed by atoms with Crippen molar-refractivity contribution in [2.75, 3.05) is 13.2 Å². The highest BCUT2D eigenvalue weighted by Gasteiger charge is 2.08. The van der Waals surface area contributed by atoms with Crippen LogP contribution >= 0.6 is 0 Å². The maximum atomic E-state index is 12.7. The molecular weight excluding hydrogens is 233 g/mol. The third-order valence-corrected chi connectivity index (χ3v) is 2.88. The quantitative estimate of drug-likeness (QED) is 0.749. The number of rotatable bonds is 8. The van der Waals surface area contributed by atoms with Crippen LogP contribution in [0.1, 0.15) is 26.7 Å². The third kappa shape index (κ3) is 5.47. The zero-order chi connectivity index (χ0) is 13.4. The van der Waals surface area contributed by atoms with Crippen LogP contribution in [0.4, 0.5) is 4.39 Å². The van der Waals surface area contributed by atoms with E-state index in [0.29, 0.717) is 18.3 Å². The summed E-state index contributed by atoms with van der Waals surface area (Å²) in [5.74, 6) is 0.274. The van der Waals surface area contributed by atoms with Gasteiger partial charge in [0, 0.05) is 12.6 Å². The van der Waals surface area contributed by atoms with Crippen LogP contribution in [0.5, 0.6) is 5.75 Å². The molecule has 0 saturated heterocycles. The first-order valence-corrected chi connectivity index (χ1v) is 6.45. The molecule has 0 spiro atoms. The van der Waals surface area contributed by atoms with Crippen LogP contribution in [0.25, 0.3) is 0 Å². The van der Waals surface area contributed by atoms with Crippen molar-refractivity contribution in [3.8, 4) is 5.75 Å². The summed E-state index contributed by atoms with van der Waals surface area (Å²) in [5, 5.41) is 13.0. The van der Waals surface area contributed by atoms with Gasteiger partial charge >= 0.3 is 0 Å². The Balaban J connectivity index is 2.24. The molecule has 1 aromatic carbocycles. The summed E-state index contributed by atoms with van der Waals surface area (Å²) in [5.41, 5.74) is 0. The highest BCUT2D eigenvalue weighted by molar-refractivity contribution is 5.22. The lowest BCUT2D eigenvalue weighted by molar-refractivity contribution is 0.103. The van der Waals surface area contributed by atoms with E-state index in [1.165, 1.54) is 12.1 Å². The fourth-order valence-corrected chi connectivity index (χ4v) is 1.66. The molecule has 1 unspecified atom stereocenters. The van der Waals surface area contributed by atoms with Crippen molar-refractivity contribution in [3.05, 3.63) is 30.1 Å². The molecule has 1 aromatic rings. The van der Waals surface area contributed by atoms with Crippen molar-refractivity contribution in [1.82, 2.24) is 5.32 Å². The predicted octanol–water partition coefficient (Wildman–Crippen LogP) is 2.34. The monoisotopic (exact) mass is 255 g/mol. The molecule has 1 atom stereocenters. The highest BCUT2D eigenvalue weighted by Crippen LogP contribution is 2.11. The number of halogens is 1. The standard InChI is InChI=1S/C14H22FNO2/c1-3-12(4-2)16-9-13(17)10-18-14-7-5-11(15)6-8-14/h5-8,12-13,16-17H,3-4,9-10H2,1-2H3. The van der Waals surface area contributed by atoms with Crippen LogP contribution in [0.3, 0.4) is 0 Å². The fraction of sp³-hybridized carbons (Fsp3) is 0.571. The Kier molecular flexibility index (Phi) is 6.68. The molecule has 3 nitrogen and oxygen atoms in total. The second kappa shape index (κ2) is 8.06. The molecule has 1 rings (SSSR count). The van der Waals surface area contributed by atoms with Crippen molar-refractivity contribution in [2.45, 2.75) is 38.8 Å². The molecule has 0 aliphatic carbocycles. The van der Waals surface area contributed by atoms with Gasteiger partial charge in [-0.1, -0.05) is 13.8 Å². The van der Waals surface area contributed by atoms with Crippen LogP contribution in [0, 0.1) is 5.82 Å². The van der Waals surface area contributed by atoms with E-state index in [2.05, 4.69) is 19.2 Å². The normalized spacial score (nSPS) is 12.7. The summed E-state index contributed by atoms with van der Waals surface area (Å²) >= 11 is 0. The Hall–Kier alpha value is -1.13. The van der Waals surface area contributed by atoms with Crippen molar-refractivity contribution in [3.63, 3.8) is 0 Å². The first-order chi connectivity index (χ1) is 8.65. The molecule has 4 heteroatoms. The minimum absolute atomic E-state index is 0.207. The smallest absolute Gasteiger partial charge is 0.123 e.